The van der Waals surface area contributed by atoms with Gasteiger partial charge in [0.1, 0.15) is 5.75 Å². The highest BCUT2D eigenvalue weighted by Gasteiger charge is 2.23. The molecule has 0 radical (unpaired) electrons. The van der Waals surface area contributed by atoms with Gasteiger partial charge < -0.3 is 15.4 Å². The lowest BCUT2D eigenvalue weighted by Gasteiger charge is -2.19. The van der Waals surface area contributed by atoms with Gasteiger partial charge in [0, 0.05) is 5.56 Å². The van der Waals surface area contributed by atoms with Gasteiger partial charge in [-0.25, -0.2) is 0 Å². The molecule has 1 amide bonds. The number of amides is 1. The average Bonchev–Trinajstić information content (AvgIpc) is 2.65. The summed E-state index contributed by atoms with van der Waals surface area (Å²) in [6, 6.07) is 15.4. The molecule has 1 aliphatic rings. The van der Waals surface area contributed by atoms with Gasteiger partial charge in [0.05, 0.1) is 30.9 Å². The third kappa shape index (κ3) is 2.32. The minimum Gasteiger partial charge on any atom is -0.496 e. The van der Waals surface area contributed by atoms with E-state index in [-0.39, 0.29) is 11.9 Å². The predicted octanol–water partition coefficient (Wildman–Crippen LogP) is 3.19. The zero-order valence-corrected chi connectivity index (χ0v) is 11.2. The molecule has 4 nitrogen and oxygen atoms in total. The molecular formula is C16H16N2O2. The number of benzene rings is 2. The van der Waals surface area contributed by atoms with Crippen molar-refractivity contribution in [3.63, 3.8) is 0 Å². The molecule has 0 spiro atoms. The van der Waals surface area contributed by atoms with E-state index in [1.807, 2.05) is 48.5 Å². The van der Waals surface area contributed by atoms with E-state index in [4.69, 9.17) is 4.74 Å². The van der Waals surface area contributed by atoms with Crippen LogP contribution < -0.4 is 15.4 Å². The topological polar surface area (TPSA) is 50.4 Å². The number of anilines is 2. The maximum Gasteiger partial charge on any atom is 0.226 e. The number of para-hydroxylation sites is 3. The summed E-state index contributed by atoms with van der Waals surface area (Å²) in [7, 11) is 1.64. The van der Waals surface area contributed by atoms with Crippen molar-refractivity contribution in [3.8, 4) is 5.75 Å². The quantitative estimate of drug-likeness (QED) is 0.879. The van der Waals surface area contributed by atoms with E-state index in [1.165, 1.54) is 0 Å². The van der Waals surface area contributed by atoms with Crippen LogP contribution in [0.4, 0.5) is 11.4 Å². The Hall–Kier alpha value is -2.49. The lowest BCUT2D eigenvalue weighted by atomic mass is 10.0. The van der Waals surface area contributed by atoms with E-state index in [1.54, 1.807) is 7.11 Å². The number of carbonyl (C=O) groups is 1. The minimum absolute atomic E-state index is 0.00152. The van der Waals surface area contributed by atoms with Gasteiger partial charge in [-0.05, 0) is 18.2 Å². The molecule has 4 heteroatoms. The zero-order chi connectivity index (χ0) is 13.9. The van der Waals surface area contributed by atoms with E-state index in [2.05, 4.69) is 10.6 Å². The van der Waals surface area contributed by atoms with Gasteiger partial charge >= 0.3 is 0 Å². The van der Waals surface area contributed by atoms with Crippen molar-refractivity contribution in [3.05, 3.63) is 54.1 Å². The van der Waals surface area contributed by atoms with Gasteiger partial charge in [-0.1, -0.05) is 30.3 Å². The molecule has 0 aromatic heterocycles. The summed E-state index contributed by atoms with van der Waals surface area (Å²) in [5.41, 5.74) is 2.73. The Bertz CT molecular complexity index is 640. The second-order valence-electron chi connectivity index (χ2n) is 4.74. The fourth-order valence-electron chi connectivity index (χ4n) is 2.49. The van der Waals surface area contributed by atoms with E-state index < -0.39 is 0 Å². The van der Waals surface area contributed by atoms with Crippen LogP contribution in [0.5, 0.6) is 5.75 Å². The van der Waals surface area contributed by atoms with Crippen molar-refractivity contribution in [2.24, 2.45) is 0 Å². The van der Waals surface area contributed by atoms with Gasteiger partial charge in [0.25, 0.3) is 0 Å². The number of fused-ring (bicyclic) bond motifs is 1. The van der Waals surface area contributed by atoms with Crippen molar-refractivity contribution in [2.45, 2.75) is 12.5 Å². The Morgan fingerprint density at radius 1 is 1.05 bits per heavy atom. The Morgan fingerprint density at radius 2 is 1.75 bits per heavy atom. The van der Waals surface area contributed by atoms with Crippen molar-refractivity contribution >= 4 is 17.3 Å². The second kappa shape index (κ2) is 5.25. The molecule has 1 aliphatic heterocycles. The monoisotopic (exact) mass is 268 g/mol. The second-order valence-corrected chi connectivity index (χ2v) is 4.74. The maximum absolute atomic E-state index is 12.0. The van der Waals surface area contributed by atoms with Crippen molar-refractivity contribution in [1.82, 2.24) is 0 Å². The molecule has 2 N–H and O–H groups in total. The summed E-state index contributed by atoms with van der Waals surface area (Å²) in [5, 5.41) is 6.33. The summed E-state index contributed by atoms with van der Waals surface area (Å²) >= 11 is 0. The maximum atomic E-state index is 12.0. The Morgan fingerprint density at radius 3 is 2.55 bits per heavy atom. The average molecular weight is 268 g/mol. The van der Waals surface area contributed by atoms with Gasteiger partial charge in [-0.2, -0.15) is 0 Å². The predicted molar refractivity (Wildman–Crippen MR) is 79.0 cm³/mol. The molecule has 2 aromatic rings. The SMILES string of the molecule is COc1ccccc1[C@H]1CC(=O)Nc2ccccc2N1. The number of hydrogen-bond acceptors (Lipinski definition) is 3. The summed E-state index contributed by atoms with van der Waals surface area (Å²) in [6.45, 7) is 0. The smallest absolute Gasteiger partial charge is 0.226 e. The summed E-state index contributed by atoms with van der Waals surface area (Å²) in [4.78, 5) is 12.0. The van der Waals surface area contributed by atoms with Crippen LogP contribution in [0.2, 0.25) is 0 Å². The Kier molecular flexibility index (Phi) is 3.29. The van der Waals surface area contributed by atoms with Crippen LogP contribution in [-0.4, -0.2) is 13.0 Å². The zero-order valence-electron chi connectivity index (χ0n) is 11.2. The molecule has 1 heterocycles. The van der Waals surface area contributed by atoms with Crippen LogP contribution in [-0.2, 0) is 4.79 Å². The van der Waals surface area contributed by atoms with Gasteiger partial charge in [0.2, 0.25) is 5.91 Å². The number of carbonyl (C=O) groups excluding carboxylic acids is 1. The fraction of sp³-hybridized carbons (Fsp3) is 0.188. The van der Waals surface area contributed by atoms with E-state index in [0.29, 0.717) is 6.42 Å². The molecule has 0 fully saturated rings. The first kappa shape index (κ1) is 12.5. The van der Waals surface area contributed by atoms with Crippen LogP contribution in [0.1, 0.15) is 18.0 Å². The van der Waals surface area contributed by atoms with Crippen molar-refractivity contribution < 1.29 is 9.53 Å². The van der Waals surface area contributed by atoms with Gasteiger partial charge in [0.15, 0.2) is 0 Å². The summed E-state index contributed by atoms with van der Waals surface area (Å²) in [5.74, 6) is 0.788. The van der Waals surface area contributed by atoms with Crippen LogP contribution >= 0.6 is 0 Å². The van der Waals surface area contributed by atoms with Crippen molar-refractivity contribution in [1.29, 1.82) is 0 Å². The van der Waals surface area contributed by atoms with Crippen LogP contribution in [0, 0.1) is 0 Å². The molecule has 2 aromatic carbocycles. The third-order valence-electron chi connectivity index (χ3n) is 3.43. The highest BCUT2D eigenvalue weighted by Crippen LogP contribution is 2.35. The first-order valence-electron chi connectivity index (χ1n) is 6.56. The lowest BCUT2D eigenvalue weighted by Crippen LogP contribution is -2.16. The largest absolute Gasteiger partial charge is 0.496 e. The number of methoxy groups -OCH3 is 1. The normalized spacial score (nSPS) is 17.4. The Labute approximate surface area is 117 Å². The highest BCUT2D eigenvalue weighted by molar-refractivity contribution is 5.96. The van der Waals surface area contributed by atoms with E-state index >= 15 is 0 Å². The fourth-order valence-corrected chi connectivity index (χ4v) is 2.49. The van der Waals surface area contributed by atoms with E-state index in [9.17, 15) is 4.79 Å². The molecule has 102 valence electrons. The Balaban J connectivity index is 2.00. The molecular weight excluding hydrogens is 252 g/mol. The van der Waals surface area contributed by atoms with Crippen LogP contribution in [0.25, 0.3) is 0 Å². The van der Waals surface area contributed by atoms with Crippen LogP contribution in [0.3, 0.4) is 0 Å². The van der Waals surface area contributed by atoms with Crippen LogP contribution in [0.15, 0.2) is 48.5 Å². The molecule has 20 heavy (non-hydrogen) atoms. The first-order valence-corrected chi connectivity index (χ1v) is 6.56. The molecule has 0 bridgehead atoms. The number of ether oxygens (including phenoxy) is 1. The van der Waals surface area contributed by atoms with Gasteiger partial charge in [-0.15, -0.1) is 0 Å². The molecule has 0 saturated heterocycles. The van der Waals surface area contributed by atoms with Gasteiger partial charge in [-0.3, -0.25) is 4.79 Å². The molecule has 1 atom stereocenters. The molecule has 3 rings (SSSR count). The highest BCUT2D eigenvalue weighted by atomic mass is 16.5. The number of rotatable bonds is 2. The van der Waals surface area contributed by atoms with E-state index in [0.717, 1.165) is 22.7 Å². The first-order chi connectivity index (χ1) is 9.78. The minimum atomic E-state index is -0.102. The standard InChI is InChI=1S/C16H16N2O2/c1-20-15-9-5-2-6-11(15)14-10-16(19)18-13-8-4-3-7-12(13)17-14/h2-9,14,17H,10H2,1H3,(H,18,19)/t14-/m1/s1. The third-order valence-corrected chi connectivity index (χ3v) is 3.43. The molecule has 0 unspecified atom stereocenters. The van der Waals surface area contributed by atoms with Crippen molar-refractivity contribution in [2.75, 3.05) is 17.7 Å². The molecule has 0 aliphatic carbocycles. The molecule has 0 saturated carbocycles. The number of nitrogens with one attached hydrogen (secondary N) is 2. The summed E-state index contributed by atoms with van der Waals surface area (Å²) in [6.07, 6.45) is 0.370. The summed E-state index contributed by atoms with van der Waals surface area (Å²) < 4.78 is 5.39. The number of hydrogen-bond donors (Lipinski definition) is 2. The lowest BCUT2D eigenvalue weighted by molar-refractivity contribution is -0.116.